The third kappa shape index (κ3) is 0.614. The summed E-state index contributed by atoms with van der Waals surface area (Å²) in [6.45, 7) is 0.600. The number of rotatable bonds is 0. The van der Waals surface area contributed by atoms with Gasteiger partial charge in [-0.25, -0.2) is 4.99 Å². The van der Waals surface area contributed by atoms with Gasteiger partial charge in [0.25, 0.3) is 0 Å². The summed E-state index contributed by atoms with van der Waals surface area (Å²) in [7, 11) is 0. The van der Waals surface area contributed by atoms with Gasteiger partial charge in [0.15, 0.2) is 12.6 Å². The summed E-state index contributed by atoms with van der Waals surface area (Å²) in [5.41, 5.74) is 0. The Labute approximate surface area is 52.9 Å². The maximum absolute atomic E-state index is 4.99. The fourth-order valence-electron chi connectivity index (χ4n) is 0.812. The highest BCUT2D eigenvalue weighted by atomic mass is 16.5. The fraction of sp³-hybridized carbons (Fsp3) is 0.167. The third-order valence-corrected chi connectivity index (χ3v) is 1.26. The zero-order valence-electron chi connectivity index (χ0n) is 4.82. The molecule has 0 amide bonds. The Morgan fingerprint density at radius 1 is 1.67 bits per heavy atom. The van der Waals surface area contributed by atoms with Gasteiger partial charge >= 0.3 is 0 Å². The molecule has 3 heteroatoms. The Bertz CT molecular complexity index is 202. The van der Waals surface area contributed by atoms with Crippen LogP contribution in [0.2, 0.25) is 0 Å². The molecule has 0 aromatic rings. The Balaban J connectivity index is 2.33. The van der Waals surface area contributed by atoms with Crippen LogP contribution in [0.15, 0.2) is 29.4 Å². The smallest absolute Gasteiger partial charge is 0.170 e. The largest absolute Gasteiger partial charge is 0.476 e. The first-order chi connectivity index (χ1) is 4.47. The number of allylic oxidation sites excluding steroid dienone is 1. The van der Waals surface area contributed by atoms with Crippen LogP contribution in [0.3, 0.4) is 0 Å². The normalized spacial score (nSPS) is 21.3. The van der Waals surface area contributed by atoms with E-state index in [2.05, 4.69) is 4.99 Å². The fourth-order valence-corrected chi connectivity index (χ4v) is 0.812. The minimum atomic E-state index is 0.600. The van der Waals surface area contributed by atoms with Crippen LogP contribution in [0.1, 0.15) is 0 Å². The molecule has 2 heterocycles. The Kier molecular flexibility index (Phi) is 0.828. The van der Waals surface area contributed by atoms with Crippen LogP contribution < -0.4 is 0 Å². The van der Waals surface area contributed by atoms with Crippen molar-refractivity contribution in [2.75, 3.05) is 6.73 Å². The second kappa shape index (κ2) is 1.62. The standard InChI is InChI=1S/C6H6N2O/c1-2-7-6-4-9-5-8(6)3-1/h1-4H,5H2. The molecule has 2 rings (SSSR count). The van der Waals surface area contributed by atoms with Gasteiger partial charge in [-0.3, -0.25) is 4.90 Å². The highest BCUT2D eigenvalue weighted by Crippen LogP contribution is 2.15. The van der Waals surface area contributed by atoms with Crippen molar-refractivity contribution in [2.45, 2.75) is 0 Å². The molecule has 0 unspecified atom stereocenters. The summed E-state index contributed by atoms with van der Waals surface area (Å²) < 4.78 is 4.99. The van der Waals surface area contributed by atoms with Gasteiger partial charge in [-0.1, -0.05) is 0 Å². The molecule has 0 saturated carbocycles. The van der Waals surface area contributed by atoms with E-state index >= 15 is 0 Å². The minimum absolute atomic E-state index is 0.600. The topological polar surface area (TPSA) is 24.8 Å². The quantitative estimate of drug-likeness (QED) is 0.471. The zero-order valence-corrected chi connectivity index (χ0v) is 4.82. The van der Waals surface area contributed by atoms with Gasteiger partial charge < -0.3 is 4.74 Å². The summed E-state index contributed by atoms with van der Waals surface area (Å²) in [4.78, 5) is 5.97. The molecule has 0 radical (unpaired) electrons. The van der Waals surface area contributed by atoms with E-state index in [-0.39, 0.29) is 0 Å². The SMILES string of the molecule is C1=CN2COC=C2N=C1. The molecule has 3 nitrogen and oxygen atoms in total. The first kappa shape index (κ1) is 4.61. The van der Waals surface area contributed by atoms with Crippen molar-refractivity contribution in [1.29, 1.82) is 0 Å². The first-order valence-electron chi connectivity index (χ1n) is 2.76. The molecule has 0 fully saturated rings. The summed E-state index contributed by atoms with van der Waals surface area (Å²) in [6.07, 6.45) is 7.22. The van der Waals surface area contributed by atoms with Crippen LogP contribution in [0.4, 0.5) is 0 Å². The molecular weight excluding hydrogens is 116 g/mol. The Hall–Kier alpha value is -1.25. The minimum Gasteiger partial charge on any atom is -0.476 e. The summed E-state index contributed by atoms with van der Waals surface area (Å²) in [6, 6.07) is 0. The number of hydrogen-bond acceptors (Lipinski definition) is 3. The van der Waals surface area contributed by atoms with Crippen molar-refractivity contribution in [2.24, 2.45) is 4.99 Å². The van der Waals surface area contributed by atoms with E-state index in [0.717, 1.165) is 5.82 Å². The molecular formula is C6H6N2O. The van der Waals surface area contributed by atoms with Crippen molar-refractivity contribution in [3.8, 4) is 0 Å². The second-order valence-corrected chi connectivity index (χ2v) is 1.86. The maximum atomic E-state index is 4.99. The van der Waals surface area contributed by atoms with Crippen molar-refractivity contribution < 1.29 is 4.74 Å². The molecule has 46 valence electrons. The molecule has 0 N–H and O–H groups in total. The monoisotopic (exact) mass is 122 g/mol. The Morgan fingerprint density at radius 2 is 2.67 bits per heavy atom. The highest BCUT2D eigenvalue weighted by molar-refractivity contribution is 5.73. The van der Waals surface area contributed by atoms with E-state index in [1.807, 2.05) is 17.2 Å². The number of ether oxygens (including phenoxy) is 1. The Morgan fingerprint density at radius 3 is 3.56 bits per heavy atom. The lowest BCUT2D eigenvalue weighted by Gasteiger charge is -2.12. The number of nitrogens with zero attached hydrogens (tertiary/aromatic N) is 2. The van der Waals surface area contributed by atoms with E-state index in [9.17, 15) is 0 Å². The second-order valence-electron chi connectivity index (χ2n) is 1.86. The molecule has 9 heavy (non-hydrogen) atoms. The van der Waals surface area contributed by atoms with E-state index in [0.29, 0.717) is 6.73 Å². The van der Waals surface area contributed by atoms with Gasteiger partial charge in [0.2, 0.25) is 0 Å². The van der Waals surface area contributed by atoms with Crippen molar-refractivity contribution in [1.82, 2.24) is 4.90 Å². The molecule has 0 saturated heterocycles. The first-order valence-corrected chi connectivity index (χ1v) is 2.76. The van der Waals surface area contributed by atoms with Gasteiger partial charge in [0, 0.05) is 12.4 Å². The van der Waals surface area contributed by atoms with E-state index in [1.165, 1.54) is 0 Å². The third-order valence-electron chi connectivity index (χ3n) is 1.26. The molecule has 0 atom stereocenters. The van der Waals surface area contributed by atoms with Crippen LogP contribution in [0.5, 0.6) is 0 Å². The van der Waals surface area contributed by atoms with Crippen molar-refractivity contribution in [3.05, 3.63) is 24.4 Å². The van der Waals surface area contributed by atoms with E-state index in [4.69, 9.17) is 4.74 Å². The molecule has 0 bridgehead atoms. The molecule has 0 spiro atoms. The number of fused-ring (bicyclic) bond motifs is 1. The summed E-state index contributed by atoms with van der Waals surface area (Å²) in [5.74, 6) is 0.887. The molecule has 2 aliphatic heterocycles. The maximum Gasteiger partial charge on any atom is 0.170 e. The molecule has 0 aliphatic carbocycles. The highest BCUT2D eigenvalue weighted by Gasteiger charge is 2.12. The lowest BCUT2D eigenvalue weighted by atomic mass is 10.5. The molecule has 0 aromatic heterocycles. The molecule has 0 aromatic carbocycles. The van der Waals surface area contributed by atoms with Gasteiger partial charge in [0.1, 0.15) is 6.26 Å². The lowest BCUT2D eigenvalue weighted by Crippen LogP contribution is -2.13. The van der Waals surface area contributed by atoms with E-state index in [1.54, 1.807) is 12.5 Å². The van der Waals surface area contributed by atoms with Crippen LogP contribution in [-0.4, -0.2) is 17.8 Å². The van der Waals surface area contributed by atoms with E-state index < -0.39 is 0 Å². The van der Waals surface area contributed by atoms with Crippen LogP contribution in [0.25, 0.3) is 0 Å². The predicted molar refractivity (Wildman–Crippen MR) is 33.5 cm³/mol. The van der Waals surface area contributed by atoms with Gasteiger partial charge in [-0.2, -0.15) is 0 Å². The summed E-state index contributed by atoms with van der Waals surface area (Å²) >= 11 is 0. The molecule has 2 aliphatic rings. The zero-order chi connectivity index (χ0) is 6.10. The average Bonchev–Trinajstić information content (AvgIpc) is 2.33. The van der Waals surface area contributed by atoms with Gasteiger partial charge in [-0.05, 0) is 6.08 Å². The van der Waals surface area contributed by atoms with Gasteiger partial charge in [-0.15, -0.1) is 0 Å². The van der Waals surface area contributed by atoms with Crippen molar-refractivity contribution >= 4 is 6.21 Å². The lowest BCUT2D eigenvalue weighted by molar-refractivity contribution is 0.200. The summed E-state index contributed by atoms with van der Waals surface area (Å²) in [5, 5.41) is 0. The van der Waals surface area contributed by atoms with Crippen LogP contribution in [0, 0.1) is 0 Å². The van der Waals surface area contributed by atoms with Crippen LogP contribution >= 0.6 is 0 Å². The number of hydrogen-bond donors (Lipinski definition) is 0. The number of aliphatic imine (C=N–C) groups is 1. The van der Waals surface area contributed by atoms with Crippen LogP contribution in [-0.2, 0) is 4.74 Å². The van der Waals surface area contributed by atoms with Gasteiger partial charge in [0.05, 0.1) is 0 Å². The predicted octanol–water partition coefficient (Wildman–Crippen LogP) is 0.673. The van der Waals surface area contributed by atoms with Crippen molar-refractivity contribution in [3.63, 3.8) is 0 Å². The average molecular weight is 122 g/mol.